The fourth-order valence-corrected chi connectivity index (χ4v) is 2.92. The lowest BCUT2D eigenvalue weighted by molar-refractivity contribution is 0.0950. The topological polar surface area (TPSA) is 56.1 Å². The van der Waals surface area contributed by atoms with Crippen LogP contribution in [0.4, 0.5) is 4.39 Å². The van der Waals surface area contributed by atoms with E-state index in [1.807, 2.05) is 24.3 Å². The summed E-state index contributed by atoms with van der Waals surface area (Å²) in [6.07, 6.45) is 0. The molecule has 0 aliphatic rings. The first kappa shape index (κ1) is 17.9. The maximum atomic E-state index is 13.1. The van der Waals surface area contributed by atoms with Crippen LogP contribution < -0.4 is 10.1 Å². The van der Waals surface area contributed by atoms with E-state index in [4.69, 9.17) is 16.3 Å². The Labute approximate surface area is 155 Å². The van der Waals surface area contributed by atoms with Crippen molar-refractivity contribution in [2.45, 2.75) is 13.5 Å². The van der Waals surface area contributed by atoms with Crippen LogP contribution in [0, 0.1) is 12.7 Å². The van der Waals surface area contributed by atoms with Crippen molar-refractivity contribution >= 4 is 17.5 Å². The molecule has 134 valence electrons. The molecule has 1 amide bonds. The summed E-state index contributed by atoms with van der Waals surface area (Å²) >= 11 is 6.35. The summed E-state index contributed by atoms with van der Waals surface area (Å²) < 4.78 is 19.7. The summed E-state index contributed by atoms with van der Waals surface area (Å²) in [6.45, 7) is 2.03. The summed E-state index contributed by atoms with van der Waals surface area (Å²) in [5, 5.41) is 7.30. The lowest BCUT2D eigenvalue weighted by Crippen LogP contribution is -2.23. The van der Waals surface area contributed by atoms with Crippen LogP contribution in [0.15, 0.2) is 48.5 Å². The third kappa shape index (κ3) is 3.70. The molecular weight excluding hydrogens is 357 g/mol. The molecule has 1 N–H and O–H groups in total. The predicted octanol–water partition coefficient (Wildman–Crippen LogP) is 3.91. The molecular formula is C19H17ClFN3O2. The van der Waals surface area contributed by atoms with Crippen molar-refractivity contribution in [3.63, 3.8) is 0 Å². The van der Waals surface area contributed by atoms with Crippen molar-refractivity contribution in [3.05, 3.63) is 76.3 Å². The van der Waals surface area contributed by atoms with E-state index in [-0.39, 0.29) is 16.9 Å². The zero-order valence-corrected chi connectivity index (χ0v) is 15.0. The number of benzene rings is 2. The molecule has 0 spiro atoms. The number of rotatable bonds is 5. The second-order valence-corrected chi connectivity index (χ2v) is 6.03. The van der Waals surface area contributed by atoms with Gasteiger partial charge < -0.3 is 10.1 Å². The number of carbonyl (C=O) groups excluding carboxylic acids is 1. The molecule has 0 atom stereocenters. The third-order valence-electron chi connectivity index (χ3n) is 3.89. The monoisotopic (exact) mass is 373 g/mol. The van der Waals surface area contributed by atoms with Crippen LogP contribution in [0.5, 0.6) is 5.75 Å². The fraction of sp³-hybridized carbons (Fsp3) is 0.158. The van der Waals surface area contributed by atoms with Gasteiger partial charge in [0.25, 0.3) is 5.91 Å². The van der Waals surface area contributed by atoms with Crippen LogP contribution in [0.25, 0.3) is 5.69 Å². The normalized spacial score (nSPS) is 10.6. The van der Waals surface area contributed by atoms with Gasteiger partial charge in [-0.05, 0) is 48.9 Å². The second kappa shape index (κ2) is 7.58. The van der Waals surface area contributed by atoms with Gasteiger partial charge in [-0.2, -0.15) is 5.10 Å². The quantitative estimate of drug-likeness (QED) is 0.737. The lowest BCUT2D eigenvalue weighted by Gasteiger charge is -2.07. The van der Waals surface area contributed by atoms with Gasteiger partial charge in [0.05, 0.1) is 24.1 Å². The molecule has 5 nitrogen and oxygen atoms in total. The minimum Gasteiger partial charge on any atom is -0.497 e. The minimum atomic E-state index is -0.356. The number of hydrogen-bond acceptors (Lipinski definition) is 3. The number of hydrogen-bond donors (Lipinski definition) is 1. The summed E-state index contributed by atoms with van der Waals surface area (Å²) in [5.41, 5.74) is 2.25. The molecule has 0 saturated carbocycles. The first-order chi connectivity index (χ1) is 12.5. The van der Waals surface area contributed by atoms with Gasteiger partial charge in [0.1, 0.15) is 16.7 Å². The molecule has 0 radical (unpaired) electrons. The molecule has 0 aliphatic carbocycles. The van der Waals surface area contributed by atoms with Gasteiger partial charge in [-0.25, -0.2) is 9.07 Å². The zero-order valence-electron chi connectivity index (χ0n) is 14.3. The molecule has 0 aliphatic heterocycles. The highest BCUT2D eigenvalue weighted by molar-refractivity contribution is 6.33. The van der Waals surface area contributed by atoms with Gasteiger partial charge in [-0.1, -0.05) is 23.7 Å². The molecule has 0 saturated heterocycles. The number of halogens is 2. The number of aryl methyl sites for hydroxylation is 1. The number of methoxy groups -OCH3 is 1. The van der Waals surface area contributed by atoms with Gasteiger partial charge in [0.15, 0.2) is 0 Å². The van der Waals surface area contributed by atoms with E-state index in [0.29, 0.717) is 23.5 Å². The SMILES string of the molecule is COc1cccc(CNC(=O)c2c(C)nn(-c3ccc(F)cc3)c2Cl)c1. The summed E-state index contributed by atoms with van der Waals surface area (Å²) in [6, 6.07) is 13.1. The lowest BCUT2D eigenvalue weighted by atomic mass is 10.2. The van der Waals surface area contributed by atoms with Crippen LogP contribution >= 0.6 is 11.6 Å². The average molecular weight is 374 g/mol. The maximum absolute atomic E-state index is 13.1. The Bertz CT molecular complexity index is 938. The van der Waals surface area contributed by atoms with Crippen molar-refractivity contribution in [3.8, 4) is 11.4 Å². The highest BCUT2D eigenvalue weighted by Gasteiger charge is 2.21. The van der Waals surface area contributed by atoms with Crippen LogP contribution in [-0.4, -0.2) is 22.8 Å². The molecule has 0 unspecified atom stereocenters. The number of amides is 1. The van der Waals surface area contributed by atoms with E-state index in [0.717, 1.165) is 11.3 Å². The minimum absolute atomic E-state index is 0.178. The van der Waals surface area contributed by atoms with Gasteiger partial charge in [-0.3, -0.25) is 4.79 Å². The highest BCUT2D eigenvalue weighted by atomic mass is 35.5. The van der Waals surface area contributed by atoms with Crippen LogP contribution in [-0.2, 0) is 6.54 Å². The second-order valence-electron chi connectivity index (χ2n) is 5.67. The summed E-state index contributed by atoms with van der Waals surface area (Å²) in [5.74, 6) is 0.0313. The Kier molecular flexibility index (Phi) is 5.23. The third-order valence-corrected chi connectivity index (χ3v) is 4.24. The predicted molar refractivity (Wildman–Crippen MR) is 97.4 cm³/mol. The summed E-state index contributed by atoms with van der Waals surface area (Å²) in [4.78, 5) is 12.6. The van der Waals surface area contributed by atoms with Crippen LogP contribution in [0.2, 0.25) is 5.15 Å². The molecule has 26 heavy (non-hydrogen) atoms. The molecule has 3 aromatic rings. The van der Waals surface area contributed by atoms with Crippen molar-refractivity contribution in [1.82, 2.24) is 15.1 Å². The van der Waals surface area contributed by atoms with Gasteiger partial charge in [0, 0.05) is 6.54 Å². The van der Waals surface area contributed by atoms with Crippen molar-refractivity contribution in [2.75, 3.05) is 7.11 Å². The van der Waals surface area contributed by atoms with E-state index >= 15 is 0 Å². The summed E-state index contributed by atoms with van der Waals surface area (Å²) in [7, 11) is 1.59. The molecule has 7 heteroatoms. The maximum Gasteiger partial charge on any atom is 0.256 e. The molecule has 1 aromatic heterocycles. The Balaban J connectivity index is 1.80. The largest absolute Gasteiger partial charge is 0.497 e. The van der Waals surface area contributed by atoms with E-state index in [1.54, 1.807) is 26.2 Å². The van der Waals surface area contributed by atoms with E-state index in [2.05, 4.69) is 10.4 Å². The Morgan fingerprint density at radius 1 is 1.27 bits per heavy atom. The standard InChI is InChI=1S/C19H17ClFN3O2/c1-12-17(18(20)24(23-12)15-8-6-14(21)7-9-15)19(25)22-11-13-4-3-5-16(10-13)26-2/h3-10H,11H2,1-2H3,(H,22,25). The first-order valence-corrected chi connectivity index (χ1v) is 8.29. The van der Waals surface area contributed by atoms with Crippen LogP contribution in [0.1, 0.15) is 21.6 Å². The van der Waals surface area contributed by atoms with E-state index in [9.17, 15) is 9.18 Å². The number of ether oxygens (including phenoxy) is 1. The van der Waals surface area contributed by atoms with Crippen molar-refractivity contribution < 1.29 is 13.9 Å². The van der Waals surface area contributed by atoms with E-state index in [1.165, 1.54) is 16.8 Å². The highest BCUT2D eigenvalue weighted by Crippen LogP contribution is 2.24. The number of nitrogens with zero attached hydrogens (tertiary/aromatic N) is 2. The average Bonchev–Trinajstić information content (AvgIpc) is 2.95. The van der Waals surface area contributed by atoms with Gasteiger partial charge in [-0.15, -0.1) is 0 Å². The van der Waals surface area contributed by atoms with Crippen molar-refractivity contribution in [2.24, 2.45) is 0 Å². The van der Waals surface area contributed by atoms with Gasteiger partial charge >= 0.3 is 0 Å². The first-order valence-electron chi connectivity index (χ1n) is 7.92. The fourth-order valence-electron chi connectivity index (χ4n) is 2.56. The number of nitrogens with one attached hydrogen (secondary N) is 1. The van der Waals surface area contributed by atoms with Crippen molar-refractivity contribution in [1.29, 1.82) is 0 Å². The zero-order chi connectivity index (χ0) is 18.7. The van der Waals surface area contributed by atoms with Crippen LogP contribution in [0.3, 0.4) is 0 Å². The Hall–Kier alpha value is -2.86. The Morgan fingerprint density at radius 3 is 2.69 bits per heavy atom. The number of aromatic nitrogens is 2. The Morgan fingerprint density at radius 2 is 2.00 bits per heavy atom. The van der Waals surface area contributed by atoms with E-state index < -0.39 is 0 Å². The molecule has 3 rings (SSSR count). The molecule has 0 bridgehead atoms. The molecule has 0 fully saturated rings. The smallest absolute Gasteiger partial charge is 0.256 e. The van der Waals surface area contributed by atoms with Gasteiger partial charge in [0.2, 0.25) is 0 Å². The number of carbonyl (C=O) groups is 1. The molecule has 2 aromatic carbocycles. The molecule has 1 heterocycles.